The number of hydrogen-bond donors (Lipinski definition) is 2. The molecule has 1 atom stereocenters. The molecule has 1 amide bonds. The van der Waals surface area contributed by atoms with Crippen LogP contribution in [-0.4, -0.2) is 10.9 Å². The predicted octanol–water partition coefficient (Wildman–Crippen LogP) is 2.29. The Labute approximate surface area is 110 Å². The van der Waals surface area contributed by atoms with Gasteiger partial charge in [0.15, 0.2) is 0 Å². The van der Waals surface area contributed by atoms with E-state index in [2.05, 4.69) is 10.3 Å². The summed E-state index contributed by atoms with van der Waals surface area (Å²) in [6.07, 6.45) is 3.29. The van der Waals surface area contributed by atoms with Crippen molar-refractivity contribution >= 4 is 11.6 Å². The Hall–Kier alpha value is -2.43. The summed E-state index contributed by atoms with van der Waals surface area (Å²) in [5.74, 6) is -0.995. The molecule has 0 aliphatic heterocycles. The number of nitrogens with two attached hydrogens (primary N) is 1. The number of aromatic nitrogens is 1. The lowest BCUT2D eigenvalue weighted by Crippen LogP contribution is -2.27. The summed E-state index contributed by atoms with van der Waals surface area (Å²) in [6, 6.07) is 7.57. The number of carbonyl (C=O) groups excluding carboxylic acids is 1. The molecule has 3 N–H and O–H groups in total. The maximum absolute atomic E-state index is 13.3. The number of nitrogen functional groups attached to an aromatic ring is 1. The van der Waals surface area contributed by atoms with E-state index in [0.717, 1.165) is 5.56 Å². The molecule has 2 aromatic rings. The van der Waals surface area contributed by atoms with Crippen molar-refractivity contribution in [2.45, 2.75) is 13.0 Å². The lowest BCUT2D eigenvalue weighted by molar-refractivity contribution is 0.0940. The van der Waals surface area contributed by atoms with Crippen molar-refractivity contribution in [1.82, 2.24) is 10.3 Å². The number of amides is 1. The molecule has 0 saturated heterocycles. The second kappa shape index (κ2) is 5.48. The number of para-hydroxylation sites is 1. The van der Waals surface area contributed by atoms with Crippen LogP contribution >= 0.6 is 0 Å². The fraction of sp³-hybridized carbons (Fsp3) is 0.143. The molecule has 0 saturated carbocycles. The number of benzene rings is 1. The largest absolute Gasteiger partial charge is 0.396 e. The van der Waals surface area contributed by atoms with Crippen LogP contribution in [0.3, 0.4) is 0 Å². The molecule has 0 spiro atoms. The monoisotopic (exact) mass is 259 g/mol. The van der Waals surface area contributed by atoms with Crippen LogP contribution in [0.1, 0.15) is 28.9 Å². The summed E-state index contributed by atoms with van der Waals surface area (Å²) in [4.78, 5) is 15.9. The Kier molecular flexibility index (Phi) is 3.75. The molecule has 1 aromatic heterocycles. The molecule has 19 heavy (non-hydrogen) atoms. The van der Waals surface area contributed by atoms with Crippen LogP contribution in [0.5, 0.6) is 0 Å². The van der Waals surface area contributed by atoms with E-state index < -0.39 is 11.7 Å². The average molecular weight is 259 g/mol. The van der Waals surface area contributed by atoms with E-state index in [1.54, 1.807) is 24.5 Å². The summed E-state index contributed by atoms with van der Waals surface area (Å²) < 4.78 is 13.3. The molecule has 4 nitrogen and oxygen atoms in total. The van der Waals surface area contributed by atoms with Gasteiger partial charge >= 0.3 is 0 Å². The Bertz CT molecular complexity index is 586. The zero-order chi connectivity index (χ0) is 13.8. The third-order valence-corrected chi connectivity index (χ3v) is 2.85. The first-order valence-corrected chi connectivity index (χ1v) is 5.84. The zero-order valence-corrected chi connectivity index (χ0v) is 10.4. The number of nitrogens with zero attached hydrogens (tertiary/aromatic N) is 1. The molecule has 0 unspecified atom stereocenters. The smallest absolute Gasteiger partial charge is 0.253 e. The first-order valence-electron chi connectivity index (χ1n) is 5.84. The third-order valence-electron chi connectivity index (χ3n) is 2.85. The number of rotatable bonds is 3. The van der Waals surface area contributed by atoms with Gasteiger partial charge in [-0.1, -0.05) is 6.07 Å². The minimum Gasteiger partial charge on any atom is -0.396 e. The summed E-state index contributed by atoms with van der Waals surface area (Å²) in [7, 11) is 0. The molecule has 5 heteroatoms. The van der Waals surface area contributed by atoms with Crippen molar-refractivity contribution in [3.63, 3.8) is 0 Å². The topological polar surface area (TPSA) is 68.0 Å². The van der Waals surface area contributed by atoms with Gasteiger partial charge in [-0.05, 0) is 36.8 Å². The summed E-state index contributed by atoms with van der Waals surface area (Å²) in [6.45, 7) is 1.84. The first kappa shape index (κ1) is 13.0. The SMILES string of the molecule is C[C@@H](NC(=O)c1cccc(F)c1N)c1ccncc1. The maximum atomic E-state index is 13.3. The predicted molar refractivity (Wildman–Crippen MR) is 70.9 cm³/mol. The second-order valence-electron chi connectivity index (χ2n) is 4.18. The Morgan fingerprint density at radius 2 is 2.00 bits per heavy atom. The van der Waals surface area contributed by atoms with Gasteiger partial charge in [-0.2, -0.15) is 0 Å². The minimum absolute atomic E-state index is 0.137. The van der Waals surface area contributed by atoms with E-state index in [1.807, 2.05) is 6.92 Å². The van der Waals surface area contributed by atoms with Crippen LogP contribution in [0.25, 0.3) is 0 Å². The van der Waals surface area contributed by atoms with Crippen molar-refractivity contribution in [1.29, 1.82) is 0 Å². The molecule has 1 heterocycles. The number of halogens is 1. The van der Waals surface area contributed by atoms with E-state index in [0.29, 0.717) is 0 Å². The van der Waals surface area contributed by atoms with Crippen molar-refractivity contribution in [2.75, 3.05) is 5.73 Å². The summed E-state index contributed by atoms with van der Waals surface area (Å²) >= 11 is 0. The highest BCUT2D eigenvalue weighted by molar-refractivity contribution is 5.99. The third kappa shape index (κ3) is 2.88. The van der Waals surface area contributed by atoms with Gasteiger partial charge in [0.05, 0.1) is 17.3 Å². The van der Waals surface area contributed by atoms with Crippen molar-refractivity contribution in [2.24, 2.45) is 0 Å². The van der Waals surface area contributed by atoms with Crippen LogP contribution in [-0.2, 0) is 0 Å². The van der Waals surface area contributed by atoms with Crippen LogP contribution in [0.15, 0.2) is 42.7 Å². The van der Waals surface area contributed by atoms with Gasteiger partial charge in [0, 0.05) is 12.4 Å². The summed E-state index contributed by atoms with van der Waals surface area (Å²) in [5.41, 5.74) is 6.47. The van der Waals surface area contributed by atoms with Gasteiger partial charge < -0.3 is 11.1 Å². The molecule has 98 valence electrons. The number of pyridine rings is 1. The van der Waals surface area contributed by atoms with Crippen LogP contribution in [0.2, 0.25) is 0 Å². The molecule has 0 radical (unpaired) electrons. The Morgan fingerprint density at radius 1 is 1.32 bits per heavy atom. The average Bonchev–Trinajstić information content (AvgIpc) is 2.42. The minimum atomic E-state index is -0.593. The second-order valence-corrected chi connectivity index (χ2v) is 4.18. The quantitative estimate of drug-likeness (QED) is 0.831. The van der Waals surface area contributed by atoms with Crippen molar-refractivity contribution < 1.29 is 9.18 Å². The van der Waals surface area contributed by atoms with Crippen LogP contribution in [0.4, 0.5) is 10.1 Å². The van der Waals surface area contributed by atoms with Gasteiger partial charge in [-0.3, -0.25) is 9.78 Å². The van der Waals surface area contributed by atoms with E-state index in [4.69, 9.17) is 5.73 Å². The number of anilines is 1. The highest BCUT2D eigenvalue weighted by Gasteiger charge is 2.15. The van der Waals surface area contributed by atoms with Gasteiger partial charge in [0.1, 0.15) is 5.82 Å². The van der Waals surface area contributed by atoms with Gasteiger partial charge in [0.25, 0.3) is 5.91 Å². The van der Waals surface area contributed by atoms with Gasteiger partial charge in [0.2, 0.25) is 0 Å². The fourth-order valence-electron chi connectivity index (χ4n) is 1.74. The van der Waals surface area contributed by atoms with E-state index in [9.17, 15) is 9.18 Å². The zero-order valence-electron chi connectivity index (χ0n) is 10.4. The Balaban J connectivity index is 2.16. The molecule has 0 aliphatic carbocycles. The van der Waals surface area contributed by atoms with E-state index >= 15 is 0 Å². The highest BCUT2D eigenvalue weighted by atomic mass is 19.1. The number of hydrogen-bond acceptors (Lipinski definition) is 3. The fourth-order valence-corrected chi connectivity index (χ4v) is 1.74. The number of carbonyl (C=O) groups is 1. The molecular formula is C14H14FN3O. The lowest BCUT2D eigenvalue weighted by atomic mass is 10.1. The van der Waals surface area contributed by atoms with Crippen molar-refractivity contribution in [3.8, 4) is 0 Å². The van der Waals surface area contributed by atoms with Crippen molar-refractivity contribution in [3.05, 3.63) is 59.7 Å². The maximum Gasteiger partial charge on any atom is 0.253 e. The molecule has 0 fully saturated rings. The van der Waals surface area contributed by atoms with Crippen LogP contribution < -0.4 is 11.1 Å². The first-order chi connectivity index (χ1) is 9.09. The molecule has 0 bridgehead atoms. The van der Waals surface area contributed by atoms with Crippen LogP contribution in [0, 0.1) is 5.82 Å². The molecular weight excluding hydrogens is 245 g/mol. The van der Waals surface area contributed by atoms with Gasteiger partial charge in [-0.25, -0.2) is 4.39 Å². The molecule has 1 aromatic carbocycles. The lowest BCUT2D eigenvalue weighted by Gasteiger charge is -2.15. The van der Waals surface area contributed by atoms with E-state index in [1.165, 1.54) is 18.2 Å². The highest BCUT2D eigenvalue weighted by Crippen LogP contribution is 2.17. The normalized spacial score (nSPS) is 11.9. The molecule has 2 rings (SSSR count). The Morgan fingerprint density at radius 3 is 2.68 bits per heavy atom. The summed E-state index contributed by atoms with van der Waals surface area (Å²) in [5, 5.41) is 2.77. The van der Waals surface area contributed by atoms with E-state index in [-0.39, 0.29) is 17.3 Å². The standard InChI is InChI=1S/C14H14FN3O/c1-9(10-5-7-17-8-6-10)18-14(19)11-3-2-4-12(15)13(11)16/h2-9H,16H2,1H3,(H,18,19)/t9-/m1/s1. The molecule has 0 aliphatic rings. The van der Waals surface area contributed by atoms with Gasteiger partial charge in [-0.15, -0.1) is 0 Å². The number of nitrogens with one attached hydrogen (secondary N) is 1.